The summed E-state index contributed by atoms with van der Waals surface area (Å²) in [6.07, 6.45) is 1.00. The van der Waals surface area contributed by atoms with Gasteiger partial charge in [-0.1, -0.05) is 0 Å². The third-order valence-electron chi connectivity index (χ3n) is 3.48. The Morgan fingerprint density at radius 3 is 2.62 bits per heavy atom. The summed E-state index contributed by atoms with van der Waals surface area (Å²) in [4.78, 5) is 27.4. The van der Waals surface area contributed by atoms with Crippen LogP contribution in [-0.4, -0.2) is 59.6 Å². The second-order valence-electron chi connectivity index (χ2n) is 5.08. The van der Waals surface area contributed by atoms with Crippen LogP contribution in [0.3, 0.4) is 0 Å². The van der Waals surface area contributed by atoms with Crippen molar-refractivity contribution in [1.82, 2.24) is 9.80 Å². The van der Waals surface area contributed by atoms with Gasteiger partial charge in [-0.25, -0.2) is 0 Å². The van der Waals surface area contributed by atoms with E-state index in [4.69, 9.17) is 0 Å². The summed E-state index contributed by atoms with van der Waals surface area (Å²) < 4.78 is 0. The molecule has 0 spiro atoms. The van der Waals surface area contributed by atoms with E-state index in [0.717, 1.165) is 37.5 Å². The minimum Gasteiger partial charge on any atom is -0.341 e. The second-order valence-corrected chi connectivity index (χ2v) is 6.13. The lowest BCUT2D eigenvalue weighted by molar-refractivity contribution is -0.384. The zero-order chi connectivity index (χ0) is 15.2. The van der Waals surface area contributed by atoms with Crippen LogP contribution in [0.5, 0.6) is 0 Å². The first kappa shape index (κ1) is 15.8. The van der Waals surface area contributed by atoms with Crippen LogP contribution in [0.4, 0.5) is 5.69 Å². The molecule has 2 rings (SSSR count). The van der Waals surface area contributed by atoms with Gasteiger partial charge in [0.15, 0.2) is 0 Å². The van der Waals surface area contributed by atoms with Gasteiger partial charge in [0.05, 0.1) is 10.7 Å². The van der Waals surface area contributed by atoms with Crippen molar-refractivity contribution >= 4 is 23.4 Å². The molecule has 1 aliphatic heterocycles. The quantitative estimate of drug-likeness (QED) is 0.482. The fourth-order valence-electron chi connectivity index (χ4n) is 2.20. The molecule has 0 aliphatic carbocycles. The molecule has 1 heterocycles. The predicted octanol–water partition coefficient (Wildman–Crippen LogP) is 1.85. The molecule has 1 saturated heterocycles. The third-order valence-corrected chi connectivity index (χ3v) is 4.48. The molecular weight excluding hydrogens is 290 g/mol. The zero-order valence-electron chi connectivity index (χ0n) is 12.0. The van der Waals surface area contributed by atoms with Crippen molar-refractivity contribution in [2.75, 3.05) is 39.0 Å². The van der Waals surface area contributed by atoms with E-state index in [9.17, 15) is 14.9 Å². The number of hydrogen-bond donors (Lipinski definition) is 0. The number of thioether (sulfide) groups is 1. The molecule has 114 valence electrons. The molecule has 1 aromatic rings. The molecule has 0 saturated carbocycles. The van der Waals surface area contributed by atoms with E-state index in [1.807, 2.05) is 4.90 Å². The molecule has 0 aromatic heterocycles. The van der Waals surface area contributed by atoms with E-state index >= 15 is 0 Å². The Kier molecular flexibility index (Phi) is 5.58. The number of carbonyl (C=O) groups is 1. The van der Waals surface area contributed by atoms with Gasteiger partial charge in [-0.05, 0) is 32.1 Å². The summed E-state index contributed by atoms with van der Waals surface area (Å²) in [5, 5.41) is 10.6. The van der Waals surface area contributed by atoms with E-state index < -0.39 is 4.92 Å². The minimum absolute atomic E-state index is 0.0706. The van der Waals surface area contributed by atoms with E-state index in [1.54, 1.807) is 12.1 Å². The number of non-ortho nitro benzene ring substituents is 1. The molecule has 0 bridgehead atoms. The average Bonchev–Trinajstić information content (AvgIpc) is 2.70. The van der Waals surface area contributed by atoms with Crippen LogP contribution >= 0.6 is 11.8 Å². The number of carbonyl (C=O) groups excluding carboxylic acids is 1. The number of nitrogens with zero attached hydrogens (tertiary/aromatic N) is 3. The molecule has 0 unspecified atom stereocenters. The van der Waals surface area contributed by atoms with Crippen LogP contribution in [0, 0.1) is 10.1 Å². The third kappa shape index (κ3) is 4.71. The molecule has 6 nitrogen and oxygen atoms in total. The number of benzene rings is 1. The first-order valence-corrected chi connectivity index (χ1v) is 7.88. The molecule has 0 N–H and O–H groups in total. The van der Waals surface area contributed by atoms with Gasteiger partial charge < -0.3 is 9.80 Å². The van der Waals surface area contributed by atoms with Gasteiger partial charge in [-0.15, -0.1) is 11.8 Å². The first-order chi connectivity index (χ1) is 10.1. The highest BCUT2D eigenvalue weighted by Gasteiger charge is 2.17. The summed E-state index contributed by atoms with van der Waals surface area (Å²) in [6, 6.07) is 6.31. The van der Waals surface area contributed by atoms with Gasteiger partial charge in [0.25, 0.3) is 5.69 Å². The second kappa shape index (κ2) is 7.42. The molecule has 0 radical (unpaired) electrons. The molecule has 1 aromatic carbocycles. The molecule has 21 heavy (non-hydrogen) atoms. The fourth-order valence-corrected chi connectivity index (χ4v) is 3.00. The Balaban J connectivity index is 1.84. The van der Waals surface area contributed by atoms with Crippen LogP contribution < -0.4 is 0 Å². The van der Waals surface area contributed by atoms with Gasteiger partial charge in [-0.3, -0.25) is 14.9 Å². The number of amides is 1. The highest BCUT2D eigenvalue weighted by molar-refractivity contribution is 8.00. The number of rotatable bonds is 4. The highest BCUT2D eigenvalue weighted by atomic mass is 32.2. The first-order valence-electron chi connectivity index (χ1n) is 6.90. The molecule has 0 atom stereocenters. The number of likely N-dealkylation sites (N-methyl/N-ethyl adjacent to an activating group) is 1. The monoisotopic (exact) mass is 309 g/mol. The lowest BCUT2D eigenvalue weighted by atomic mass is 10.3. The molecule has 1 fully saturated rings. The van der Waals surface area contributed by atoms with Crippen molar-refractivity contribution < 1.29 is 9.72 Å². The largest absolute Gasteiger partial charge is 0.341 e. The topological polar surface area (TPSA) is 66.7 Å². The maximum Gasteiger partial charge on any atom is 0.269 e. The lowest BCUT2D eigenvalue weighted by Gasteiger charge is -2.20. The molecule has 1 aliphatic rings. The van der Waals surface area contributed by atoms with Crippen LogP contribution in [0.2, 0.25) is 0 Å². The number of nitro groups is 1. The van der Waals surface area contributed by atoms with Crippen LogP contribution in [-0.2, 0) is 4.79 Å². The van der Waals surface area contributed by atoms with Crippen LogP contribution in [0.1, 0.15) is 6.42 Å². The lowest BCUT2D eigenvalue weighted by Crippen LogP contribution is -2.35. The van der Waals surface area contributed by atoms with Crippen molar-refractivity contribution in [2.45, 2.75) is 11.3 Å². The van der Waals surface area contributed by atoms with Gasteiger partial charge in [0, 0.05) is 36.7 Å². The van der Waals surface area contributed by atoms with E-state index in [1.165, 1.54) is 23.9 Å². The van der Waals surface area contributed by atoms with Gasteiger partial charge in [0.2, 0.25) is 5.91 Å². The van der Waals surface area contributed by atoms with Gasteiger partial charge in [-0.2, -0.15) is 0 Å². The van der Waals surface area contributed by atoms with Crippen LogP contribution in [0.25, 0.3) is 0 Å². The van der Waals surface area contributed by atoms with Gasteiger partial charge in [0.1, 0.15) is 0 Å². The van der Waals surface area contributed by atoms with E-state index in [0.29, 0.717) is 5.75 Å². The minimum atomic E-state index is -0.423. The maximum absolute atomic E-state index is 12.2. The standard InChI is InChI=1S/C14H19N3O3S/c1-15-7-2-8-16(10-9-15)14(18)11-21-13-5-3-12(4-6-13)17(19)20/h3-6H,2,7-11H2,1H3. The molecular formula is C14H19N3O3S. The maximum atomic E-state index is 12.2. The Hall–Kier alpha value is -1.60. The van der Waals surface area contributed by atoms with E-state index in [-0.39, 0.29) is 11.6 Å². The zero-order valence-corrected chi connectivity index (χ0v) is 12.8. The number of hydrogen-bond acceptors (Lipinski definition) is 5. The van der Waals surface area contributed by atoms with Crippen LogP contribution in [0.15, 0.2) is 29.2 Å². The summed E-state index contributed by atoms with van der Waals surface area (Å²) in [7, 11) is 2.07. The Labute approximate surface area is 128 Å². The summed E-state index contributed by atoms with van der Waals surface area (Å²) in [5.74, 6) is 0.510. The Morgan fingerprint density at radius 2 is 1.95 bits per heavy atom. The summed E-state index contributed by atoms with van der Waals surface area (Å²) >= 11 is 1.42. The summed E-state index contributed by atoms with van der Waals surface area (Å²) in [5.41, 5.74) is 0.0706. The predicted molar refractivity (Wildman–Crippen MR) is 82.5 cm³/mol. The van der Waals surface area contributed by atoms with Crippen molar-refractivity contribution in [3.63, 3.8) is 0 Å². The van der Waals surface area contributed by atoms with E-state index in [2.05, 4.69) is 11.9 Å². The van der Waals surface area contributed by atoms with Crippen molar-refractivity contribution in [1.29, 1.82) is 0 Å². The highest BCUT2D eigenvalue weighted by Crippen LogP contribution is 2.21. The Bertz CT molecular complexity index is 507. The van der Waals surface area contributed by atoms with Crippen molar-refractivity contribution in [3.8, 4) is 0 Å². The molecule has 1 amide bonds. The summed E-state index contributed by atoms with van der Waals surface area (Å²) in [6.45, 7) is 3.52. The smallest absolute Gasteiger partial charge is 0.269 e. The van der Waals surface area contributed by atoms with Crippen molar-refractivity contribution in [3.05, 3.63) is 34.4 Å². The van der Waals surface area contributed by atoms with Crippen molar-refractivity contribution in [2.24, 2.45) is 0 Å². The fraction of sp³-hybridized carbons (Fsp3) is 0.500. The molecule has 7 heteroatoms. The number of nitro benzene ring substituents is 1. The Morgan fingerprint density at radius 1 is 1.24 bits per heavy atom. The average molecular weight is 309 g/mol. The normalized spacial score (nSPS) is 16.5. The van der Waals surface area contributed by atoms with Gasteiger partial charge >= 0.3 is 0 Å². The SMILES string of the molecule is CN1CCCN(C(=O)CSc2ccc([N+](=O)[O-])cc2)CC1.